The van der Waals surface area contributed by atoms with Crippen LogP contribution in [0.1, 0.15) is 33.3 Å². The van der Waals surface area contributed by atoms with Gasteiger partial charge in [-0.25, -0.2) is 9.59 Å². The van der Waals surface area contributed by atoms with Crippen LogP contribution < -0.4 is 4.90 Å². The molecule has 1 aromatic carbocycles. The number of rotatable bonds is 2. The molecule has 0 saturated carbocycles. The molecule has 1 aliphatic heterocycles. The lowest BCUT2D eigenvalue weighted by Gasteiger charge is -2.28. The zero-order valence-corrected chi connectivity index (χ0v) is 12.9. The number of nitrogens with zero attached hydrogens (tertiary/aromatic N) is 1. The van der Waals surface area contributed by atoms with E-state index in [0.717, 1.165) is 5.56 Å². The number of esters is 1. The van der Waals surface area contributed by atoms with Crippen molar-refractivity contribution in [1.82, 2.24) is 0 Å². The number of ether oxygens (including phenoxy) is 2. The molecule has 5 nitrogen and oxygen atoms in total. The average Bonchev–Trinajstić information content (AvgIpc) is 2.76. The van der Waals surface area contributed by atoms with Gasteiger partial charge in [0, 0.05) is 6.42 Å². The Balaban J connectivity index is 2.31. The highest BCUT2D eigenvalue weighted by atomic mass is 16.6. The number of fused-ring (bicyclic) bond motifs is 1. The van der Waals surface area contributed by atoms with Crippen molar-refractivity contribution in [2.24, 2.45) is 0 Å². The minimum Gasteiger partial charge on any atom is -0.464 e. The van der Waals surface area contributed by atoms with Gasteiger partial charge in [0.2, 0.25) is 0 Å². The number of hydrogen-bond donors (Lipinski definition) is 0. The molecular weight excluding hydrogens is 270 g/mol. The first-order valence-corrected chi connectivity index (χ1v) is 7.10. The maximum Gasteiger partial charge on any atom is 0.415 e. The largest absolute Gasteiger partial charge is 0.464 e. The molecule has 0 saturated heterocycles. The zero-order valence-electron chi connectivity index (χ0n) is 12.9. The molecule has 0 spiro atoms. The molecule has 2 rings (SSSR count). The van der Waals surface area contributed by atoms with E-state index in [2.05, 4.69) is 0 Å². The molecule has 0 fully saturated rings. The summed E-state index contributed by atoms with van der Waals surface area (Å²) in [5.74, 6) is -0.403. The maximum absolute atomic E-state index is 12.4. The second-order valence-electron chi connectivity index (χ2n) is 5.95. The molecule has 1 amide bonds. The summed E-state index contributed by atoms with van der Waals surface area (Å²) in [6, 6.07) is 6.80. The third-order valence-corrected chi connectivity index (χ3v) is 3.12. The molecule has 21 heavy (non-hydrogen) atoms. The Morgan fingerprint density at radius 3 is 2.57 bits per heavy atom. The third kappa shape index (κ3) is 3.35. The van der Waals surface area contributed by atoms with Gasteiger partial charge < -0.3 is 9.47 Å². The summed E-state index contributed by atoms with van der Waals surface area (Å²) in [5, 5.41) is 0. The standard InChI is InChI=1S/C16H21NO4/c1-5-20-14(18)13-10-11-8-6-7-9-12(11)17(13)15(19)21-16(2,3)4/h6-9,13H,5,10H2,1-4H3/t13-/m1/s1. The van der Waals surface area contributed by atoms with Crippen LogP contribution in [0.15, 0.2) is 24.3 Å². The van der Waals surface area contributed by atoms with E-state index < -0.39 is 23.7 Å². The molecule has 114 valence electrons. The highest BCUT2D eigenvalue weighted by Crippen LogP contribution is 2.33. The monoisotopic (exact) mass is 291 g/mol. The van der Waals surface area contributed by atoms with E-state index in [-0.39, 0.29) is 6.61 Å². The first kappa shape index (κ1) is 15.4. The summed E-state index contributed by atoms with van der Waals surface area (Å²) in [6.07, 6.45) is -0.0701. The predicted molar refractivity (Wildman–Crippen MR) is 79.3 cm³/mol. The van der Waals surface area contributed by atoms with Crippen molar-refractivity contribution in [3.8, 4) is 0 Å². The van der Waals surface area contributed by atoms with Gasteiger partial charge in [-0.15, -0.1) is 0 Å². The molecule has 0 bridgehead atoms. The van der Waals surface area contributed by atoms with Crippen molar-refractivity contribution in [3.05, 3.63) is 29.8 Å². The molecule has 0 unspecified atom stereocenters. The molecule has 1 atom stereocenters. The van der Waals surface area contributed by atoms with Gasteiger partial charge in [0.15, 0.2) is 0 Å². The minimum atomic E-state index is -0.655. The van der Waals surface area contributed by atoms with Crippen molar-refractivity contribution < 1.29 is 19.1 Å². The smallest absolute Gasteiger partial charge is 0.415 e. The fourth-order valence-electron chi connectivity index (χ4n) is 2.35. The van der Waals surface area contributed by atoms with Gasteiger partial charge in [-0.05, 0) is 39.3 Å². The number of anilines is 1. The lowest BCUT2D eigenvalue weighted by molar-refractivity contribution is -0.144. The lowest BCUT2D eigenvalue weighted by atomic mass is 10.1. The van der Waals surface area contributed by atoms with Crippen LogP contribution >= 0.6 is 0 Å². The minimum absolute atomic E-state index is 0.286. The second kappa shape index (κ2) is 5.76. The molecule has 0 radical (unpaired) electrons. The van der Waals surface area contributed by atoms with Gasteiger partial charge in [0.1, 0.15) is 11.6 Å². The summed E-state index contributed by atoms with van der Waals surface area (Å²) in [4.78, 5) is 26.0. The molecule has 0 N–H and O–H groups in total. The van der Waals surface area contributed by atoms with Gasteiger partial charge >= 0.3 is 12.1 Å². The topological polar surface area (TPSA) is 55.8 Å². The Hall–Kier alpha value is -2.04. The maximum atomic E-state index is 12.4. The van der Waals surface area contributed by atoms with E-state index in [9.17, 15) is 9.59 Å². The molecular formula is C16H21NO4. The van der Waals surface area contributed by atoms with Crippen LogP contribution in [0.3, 0.4) is 0 Å². The summed E-state index contributed by atoms with van der Waals surface area (Å²) < 4.78 is 10.5. The SMILES string of the molecule is CCOC(=O)[C@H]1Cc2ccccc2N1C(=O)OC(C)(C)C. The Kier molecular flexibility index (Phi) is 4.21. The van der Waals surface area contributed by atoms with Gasteiger partial charge in [-0.2, -0.15) is 0 Å². The number of carbonyl (C=O) groups is 2. The number of para-hydroxylation sites is 1. The number of benzene rings is 1. The molecule has 1 heterocycles. The average molecular weight is 291 g/mol. The highest BCUT2D eigenvalue weighted by Gasteiger charge is 2.41. The van der Waals surface area contributed by atoms with E-state index in [4.69, 9.17) is 9.47 Å². The zero-order chi connectivity index (χ0) is 15.6. The van der Waals surface area contributed by atoms with Crippen LogP contribution in [0.5, 0.6) is 0 Å². The van der Waals surface area contributed by atoms with Crippen LogP contribution in [-0.4, -0.2) is 30.3 Å². The van der Waals surface area contributed by atoms with Crippen molar-refractivity contribution in [2.75, 3.05) is 11.5 Å². The normalized spacial score (nSPS) is 17.3. The van der Waals surface area contributed by atoms with Crippen LogP contribution in [-0.2, 0) is 20.7 Å². The van der Waals surface area contributed by atoms with Gasteiger partial charge in [0.05, 0.1) is 12.3 Å². The summed E-state index contributed by atoms with van der Waals surface area (Å²) >= 11 is 0. The Labute approximate surface area is 124 Å². The molecule has 0 aliphatic carbocycles. The van der Waals surface area contributed by atoms with Crippen LogP contribution in [0.25, 0.3) is 0 Å². The van der Waals surface area contributed by atoms with Crippen molar-refractivity contribution in [1.29, 1.82) is 0 Å². The Morgan fingerprint density at radius 1 is 1.29 bits per heavy atom. The molecule has 1 aromatic rings. The Morgan fingerprint density at radius 2 is 1.95 bits per heavy atom. The van der Waals surface area contributed by atoms with Gasteiger partial charge in [0.25, 0.3) is 0 Å². The highest BCUT2D eigenvalue weighted by molar-refractivity contribution is 5.99. The van der Waals surface area contributed by atoms with Crippen molar-refractivity contribution >= 4 is 17.7 Å². The summed E-state index contributed by atoms with van der Waals surface area (Å²) in [6.45, 7) is 7.43. The van der Waals surface area contributed by atoms with Crippen LogP contribution in [0, 0.1) is 0 Å². The fourth-order valence-corrected chi connectivity index (χ4v) is 2.35. The van der Waals surface area contributed by atoms with Crippen molar-refractivity contribution in [2.45, 2.75) is 45.8 Å². The molecule has 0 aromatic heterocycles. The third-order valence-electron chi connectivity index (χ3n) is 3.12. The Bertz CT molecular complexity index is 547. The van der Waals surface area contributed by atoms with Crippen molar-refractivity contribution in [3.63, 3.8) is 0 Å². The number of hydrogen-bond acceptors (Lipinski definition) is 4. The predicted octanol–water partition coefficient (Wildman–Crippen LogP) is 2.92. The lowest BCUT2D eigenvalue weighted by Crippen LogP contribution is -2.46. The second-order valence-corrected chi connectivity index (χ2v) is 5.95. The fraction of sp³-hybridized carbons (Fsp3) is 0.500. The summed E-state index contributed by atoms with van der Waals surface area (Å²) in [7, 11) is 0. The summed E-state index contributed by atoms with van der Waals surface area (Å²) in [5.41, 5.74) is 1.04. The first-order valence-electron chi connectivity index (χ1n) is 7.10. The van der Waals surface area contributed by atoms with E-state index in [1.54, 1.807) is 27.7 Å². The van der Waals surface area contributed by atoms with Gasteiger partial charge in [-0.3, -0.25) is 4.90 Å². The first-order chi connectivity index (χ1) is 9.83. The van der Waals surface area contributed by atoms with Gasteiger partial charge in [-0.1, -0.05) is 18.2 Å². The van der Waals surface area contributed by atoms with E-state index >= 15 is 0 Å². The number of amides is 1. The van der Waals surface area contributed by atoms with Crippen LogP contribution in [0.4, 0.5) is 10.5 Å². The van der Waals surface area contributed by atoms with Crippen LogP contribution in [0.2, 0.25) is 0 Å². The van der Waals surface area contributed by atoms with E-state index in [1.807, 2.05) is 24.3 Å². The van der Waals surface area contributed by atoms with E-state index in [0.29, 0.717) is 12.1 Å². The number of carbonyl (C=O) groups excluding carboxylic acids is 2. The molecule has 1 aliphatic rings. The quantitative estimate of drug-likeness (QED) is 0.786. The van der Waals surface area contributed by atoms with E-state index in [1.165, 1.54) is 4.90 Å². The molecule has 5 heteroatoms.